The fraction of sp³-hybridized carbons (Fsp3) is 0.229. The number of hydrogen-bond donors (Lipinski definition) is 4. The van der Waals surface area contributed by atoms with E-state index in [1.54, 1.807) is 12.1 Å². The molecule has 5 atom stereocenters. The number of nitrogens with one attached hydrogen (secondary N) is 2. The lowest BCUT2D eigenvalue weighted by Crippen LogP contribution is -2.43. The van der Waals surface area contributed by atoms with Gasteiger partial charge in [0.15, 0.2) is 6.29 Å². The van der Waals surface area contributed by atoms with E-state index in [4.69, 9.17) is 14.2 Å². The number of para-hydroxylation sites is 1. The van der Waals surface area contributed by atoms with Crippen molar-refractivity contribution < 1.29 is 29.2 Å². The molecule has 57 heavy (non-hydrogen) atoms. The summed E-state index contributed by atoms with van der Waals surface area (Å²) in [6.45, 7) is 2.93. The van der Waals surface area contributed by atoms with Gasteiger partial charge in [-0.3, -0.25) is 4.90 Å². The van der Waals surface area contributed by atoms with Crippen molar-refractivity contribution in [2.24, 2.45) is 0 Å². The van der Waals surface area contributed by atoms with Crippen LogP contribution in [0.2, 0.25) is 0 Å². The molecule has 292 valence electrons. The summed E-state index contributed by atoms with van der Waals surface area (Å²) in [4.78, 5) is 15.0. The minimum Gasteiger partial charge on any atom is -0.457 e. The normalized spacial score (nSPS) is 17.7. The molecular weight excluding hydrogens is 715 g/mol. The van der Waals surface area contributed by atoms with E-state index in [0.29, 0.717) is 30.9 Å². The van der Waals surface area contributed by atoms with E-state index < -0.39 is 12.4 Å². The Morgan fingerprint density at radius 3 is 2.14 bits per heavy atom. The van der Waals surface area contributed by atoms with E-state index in [1.807, 2.05) is 141 Å². The van der Waals surface area contributed by atoms with E-state index in [2.05, 4.69) is 33.7 Å². The van der Waals surface area contributed by atoms with Crippen molar-refractivity contribution in [1.82, 2.24) is 10.2 Å². The predicted octanol–water partition coefficient (Wildman–Crippen LogP) is 9.56. The largest absolute Gasteiger partial charge is 0.457 e. The van der Waals surface area contributed by atoms with E-state index in [0.717, 1.165) is 44.7 Å². The van der Waals surface area contributed by atoms with Crippen LogP contribution in [0.5, 0.6) is 11.5 Å². The SMILES string of the molecule is C[C@H]([C@@H](O)c1ccccc1)N(C)C[C@H]1C[C@@H](c2ccc(CO)cc2)O[C@@H](c2cccc(-c3cccc(CNC(=O)Nc4ccc(Oc5ccccc5)cc4)c3)c2)O1. The van der Waals surface area contributed by atoms with Crippen LogP contribution in [0.1, 0.15) is 59.7 Å². The minimum atomic E-state index is -0.649. The Bertz CT molecular complexity index is 2180. The minimum absolute atomic E-state index is 0.0235. The number of carbonyl (C=O) groups excluding carboxylic acids is 1. The molecule has 0 bridgehead atoms. The number of nitrogens with zero attached hydrogens (tertiary/aromatic N) is 1. The van der Waals surface area contributed by atoms with Crippen LogP contribution in [0.4, 0.5) is 10.5 Å². The van der Waals surface area contributed by atoms with Gasteiger partial charge in [0, 0.05) is 36.8 Å². The van der Waals surface area contributed by atoms with Crippen molar-refractivity contribution >= 4 is 11.7 Å². The Morgan fingerprint density at radius 2 is 1.42 bits per heavy atom. The lowest BCUT2D eigenvalue weighted by molar-refractivity contribution is -0.253. The Labute approximate surface area is 334 Å². The van der Waals surface area contributed by atoms with Crippen molar-refractivity contribution in [3.63, 3.8) is 0 Å². The molecule has 6 aromatic carbocycles. The van der Waals surface area contributed by atoms with Gasteiger partial charge in [-0.15, -0.1) is 0 Å². The summed E-state index contributed by atoms with van der Waals surface area (Å²) in [5.74, 6) is 1.43. The van der Waals surface area contributed by atoms with Crippen molar-refractivity contribution in [2.75, 3.05) is 18.9 Å². The zero-order chi connectivity index (χ0) is 39.6. The third-order valence-corrected chi connectivity index (χ3v) is 10.4. The first kappa shape index (κ1) is 39.4. The molecule has 0 unspecified atom stereocenters. The van der Waals surface area contributed by atoms with Crippen LogP contribution in [0, 0.1) is 0 Å². The molecule has 0 aliphatic carbocycles. The molecule has 1 heterocycles. The third-order valence-electron chi connectivity index (χ3n) is 10.4. The molecule has 6 aromatic rings. The lowest BCUT2D eigenvalue weighted by Gasteiger charge is -2.39. The quantitative estimate of drug-likeness (QED) is 0.0875. The van der Waals surface area contributed by atoms with Crippen LogP contribution in [-0.4, -0.2) is 46.9 Å². The number of anilines is 1. The lowest BCUT2D eigenvalue weighted by atomic mass is 9.97. The topological polar surface area (TPSA) is 113 Å². The summed E-state index contributed by atoms with van der Waals surface area (Å²) in [6, 6.07) is 50.2. The fourth-order valence-corrected chi connectivity index (χ4v) is 7.00. The maximum Gasteiger partial charge on any atom is 0.319 e. The second-order valence-electron chi connectivity index (χ2n) is 14.5. The Kier molecular flexibility index (Phi) is 13.1. The van der Waals surface area contributed by atoms with Gasteiger partial charge in [0.2, 0.25) is 0 Å². The molecule has 1 fully saturated rings. The summed E-state index contributed by atoms with van der Waals surface area (Å²) < 4.78 is 19.2. The number of benzene rings is 6. The third kappa shape index (κ3) is 10.5. The molecule has 1 aliphatic rings. The summed E-state index contributed by atoms with van der Waals surface area (Å²) in [5, 5.41) is 26.7. The van der Waals surface area contributed by atoms with Gasteiger partial charge < -0.3 is 35.1 Å². The molecule has 7 rings (SSSR count). The maximum atomic E-state index is 12.8. The number of urea groups is 1. The molecule has 0 radical (unpaired) electrons. The first-order valence-electron chi connectivity index (χ1n) is 19.3. The zero-order valence-electron chi connectivity index (χ0n) is 32.2. The first-order valence-corrected chi connectivity index (χ1v) is 19.3. The zero-order valence-corrected chi connectivity index (χ0v) is 32.2. The maximum absolute atomic E-state index is 12.8. The van der Waals surface area contributed by atoms with E-state index in [9.17, 15) is 15.0 Å². The monoisotopic (exact) mass is 763 g/mol. The number of aliphatic hydroxyl groups is 2. The van der Waals surface area contributed by atoms with Crippen molar-refractivity contribution in [2.45, 2.75) is 57.1 Å². The van der Waals surface area contributed by atoms with Gasteiger partial charge in [-0.05, 0) is 95.9 Å². The van der Waals surface area contributed by atoms with Crippen LogP contribution < -0.4 is 15.4 Å². The van der Waals surface area contributed by atoms with Crippen LogP contribution in [-0.2, 0) is 22.6 Å². The highest BCUT2D eigenvalue weighted by molar-refractivity contribution is 5.89. The molecule has 9 nitrogen and oxygen atoms in total. The number of amides is 2. The average molecular weight is 764 g/mol. The second-order valence-corrected chi connectivity index (χ2v) is 14.5. The Hall–Kier alpha value is -5.81. The number of hydrogen-bond acceptors (Lipinski definition) is 7. The molecule has 0 aromatic heterocycles. The molecule has 1 aliphatic heterocycles. The highest BCUT2D eigenvalue weighted by Gasteiger charge is 2.34. The summed E-state index contributed by atoms with van der Waals surface area (Å²) >= 11 is 0. The molecule has 0 saturated carbocycles. The second kappa shape index (κ2) is 18.9. The van der Waals surface area contributed by atoms with Crippen molar-refractivity contribution in [3.8, 4) is 22.6 Å². The Balaban J connectivity index is 1.01. The van der Waals surface area contributed by atoms with Crippen LogP contribution >= 0.6 is 0 Å². The molecule has 0 spiro atoms. The Morgan fingerprint density at radius 1 is 0.754 bits per heavy atom. The number of ether oxygens (including phenoxy) is 3. The van der Waals surface area contributed by atoms with Crippen LogP contribution in [0.3, 0.4) is 0 Å². The summed E-state index contributed by atoms with van der Waals surface area (Å²) in [7, 11) is 2.02. The number of aliphatic hydroxyl groups excluding tert-OH is 2. The van der Waals surface area contributed by atoms with Gasteiger partial charge in [-0.2, -0.15) is 0 Å². The summed E-state index contributed by atoms with van der Waals surface area (Å²) in [6.07, 6.45) is -1.09. The van der Waals surface area contributed by atoms with E-state index in [-0.39, 0.29) is 30.9 Å². The summed E-state index contributed by atoms with van der Waals surface area (Å²) in [5.41, 5.74) is 7.21. The van der Waals surface area contributed by atoms with Gasteiger partial charge in [0.1, 0.15) is 11.5 Å². The molecule has 4 N–H and O–H groups in total. The molecular formula is C48H49N3O6. The fourth-order valence-electron chi connectivity index (χ4n) is 7.00. The van der Waals surface area contributed by atoms with Gasteiger partial charge in [0.05, 0.1) is 24.9 Å². The molecule has 9 heteroatoms. The first-order chi connectivity index (χ1) is 27.8. The number of rotatable bonds is 14. The van der Waals surface area contributed by atoms with Crippen molar-refractivity contribution in [3.05, 3.63) is 186 Å². The van der Waals surface area contributed by atoms with E-state index in [1.165, 1.54) is 0 Å². The molecule has 1 saturated heterocycles. The van der Waals surface area contributed by atoms with E-state index >= 15 is 0 Å². The standard InChI is InChI=1S/C48H49N3O6/c1-33(46(53)37-12-5-3-6-13-37)51(2)31-44-29-45(36-21-19-34(32-52)20-22-36)57-47(56-44)40-16-10-15-39(28-40)38-14-9-11-35(27-38)30-49-48(54)50-41-23-25-43(26-24-41)55-42-17-7-4-8-18-42/h3-28,33,44-47,52-53H,29-32H2,1-2H3,(H2,49,50,54)/t33-,44-,45+,46-,47+/m1/s1. The van der Waals surface area contributed by atoms with Gasteiger partial charge in [-0.1, -0.05) is 109 Å². The highest BCUT2D eigenvalue weighted by Crippen LogP contribution is 2.39. The average Bonchev–Trinajstić information content (AvgIpc) is 3.26. The van der Waals surface area contributed by atoms with Crippen LogP contribution in [0.25, 0.3) is 11.1 Å². The molecule has 2 amide bonds. The predicted molar refractivity (Wildman–Crippen MR) is 223 cm³/mol. The van der Waals surface area contributed by atoms with Gasteiger partial charge in [0.25, 0.3) is 0 Å². The smallest absolute Gasteiger partial charge is 0.319 e. The van der Waals surface area contributed by atoms with Gasteiger partial charge >= 0.3 is 6.03 Å². The van der Waals surface area contributed by atoms with Gasteiger partial charge in [-0.25, -0.2) is 4.79 Å². The number of likely N-dealkylation sites (N-methyl/N-ethyl adjacent to an activating group) is 1. The highest BCUT2D eigenvalue weighted by atomic mass is 16.7. The van der Waals surface area contributed by atoms with Crippen molar-refractivity contribution in [1.29, 1.82) is 0 Å². The van der Waals surface area contributed by atoms with Crippen LogP contribution in [0.15, 0.2) is 158 Å². The number of carbonyl (C=O) groups is 1.